The molecule has 2 heterocycles. The topological polar surface area (TPSA) is 157 Å². The van der Waals surface area contributed by atoms with Crippen molar-refractivity contribution >= 4 is 35.4 Å². The van der Waals surface area contributed by atoms with E-state index in [4.69, 9.17) is 0 Å². The molecule has 0 aromatic heterocycles. The van der Waals surface area contributed by atoms with E-state index in [-0.39, 0.29) is 97.5 Å². The summed E-state index contributed by atoms with van der Waals surface area (Å²) in [5.74, 6) is -3.79. The lowest BCUT2D eigenvalue weighted by atomic mass is 9.94. The van der Waals surface area contributed by atoms with Crippen molar-refractivity contribution in [3.05, 3.63) is 143 Å². The molecule has 12 heteroatoms. The van der Waals surface area contributed by atoms with Crippen molar-refractivity contribution in [3.8, 4) is 0 Å². The highest BCUT2D eigenvalue weighted by Crippen LogP contribution is 2.43. The Bertz CT molecular complexity index is 2230. The Balaban J connectivity index is 0.853. The van der Waals surface area contributed by atoms with Crippen molar-refractivity contribution in [1.82, 2.24) is 31.1 Å². The number of hydrogen-bond donors (Lipinski definition) is 4. The molecule has 62 heavy (non-hydrogen) atoms. The van der Waals surface area contributed by atoms with Crippen molar-refractivity contribution in [3.63, 3.8) is 0 Å². The highest BCUT2D eigenvalue weighted by atomic mass is 16.2. The van der Waals surface area contributed by atoms with E-state index in [0.29, 0.717) is 17.7 Å². The van der Waals surface area contributed by atoms with Gasteiger partial charge in [-0.1, -0.05) is 97.9 Å². The van der Waals surface area contributed by atoms with Crippen LogP contribution >= 0.6 is 0 Å². The molecule has 10 atom stereocenters. The monoisotopic (exact) mass is 834 g/mol. The zero-order chi connectivity index (χ0) is 42.9. The second-order valence-electron chi connectivity index (χ2n) is 17.8. The van der Waals surface area contributed by atoms with Gasteiger partial charge in [-0.3, -0.25) is 28.8 Å². The van der Waals surface area contributed by atoms with Gasteiger partial charge in [-0.25, -0.2) is 0 Å². The lowest BCUT2D eigenvalue weighted by Crippen LogP contribution is -2.43. The fourth-order valence-electron chi connectivity index (χ4n) is 9.64. The maximum absolute atomic E-state index is 14.1. The van der Waals surface area contributed by atoms with Crippen LogP contribution in [0.4, 0.5) is 0 Å². The van der Waals surface area contributed by atoms with Gasteiger partial charge in [0.2, 0.25) is 23.6 Å². The fourth-order valence-corrected chi connectivity index (χ4v) is 9.64. The van der Waals surface area contributed by atoms with Crippen LogP contribution in [-0.2, 0) is 19.2 Å². The van der Waals surface area contributed by atoms with Crippen molar-refractivity contribution in [1.29, 1.82) is 0 Å². The third-order valence-electron chi connectivity index (χ3n) is 13.5. The Kier molecular flexibility index (Phi) is 11.7. The van der Waals surface area contributed by atoms with Crippen molar-refractivity contribution in [2.24, 2.45) is 23.7 Å². The normalized spacial score (nSPS) is 28.1. The van der Waals surface area contributed by atoms with E-state index in [1.165, 1.54) is 0 Å². The van der Waals surface area contributed by atoms with Crippen LogP contribution in [-0.4, -0.2) is 96.1 Å². The molecule has 0 spiro atoms. The van der Waals surface area contributed by atoms with Gasteiger partial charge in [-0.05, 0) is 66.6 Å². The van der Waals surface area contributed by atoms with Crippen LogP contribution in [0, 0.1) is 23.7 Å². The van der Waals surface area contributed by atoms with Gasteiger partial charge in [-0.15, -0.1) is 0 Å². The smallest absolute Gasteiger partial charge is 0.253 e. The zero-order valence-electron chi connectivity index (χ0n) is 35.0. The fraction of sp³-hybridized carbons (Fsp3) is 0.400. The van der Waals surface area contributed by atoms with Crippen LogP contribution < -0.4 is 21.3 Å². The van der Waals surface area contributed by atoms with Gasteiger partial charge >= 0.3 is 0 Å². The predicted octanol–water partition coefficient (Wildman–Crippen LogP) is 4.61. The number of hydrogen-bond acceptors (Lipinski definition) is 6. The second kappa shape index (κ2) is 17.6. The Morgan fingerprint density at radius 2 is 0.758 bits per heavy atom. The van der Waals surface area contributed by atoms with E-state index in [0.717, 1.165) is 42.4 Å². The average molecular weight is 835 g/mol. The molecule has 0 bridgehead atoms. The maximum atomic E-state index is 14.1. The highest BCUT2D eigenvalue weighted by molar-refractivity contribution is 6.00. The molecule has 3 saturated carbocycles. The summed E-state index contributed by atoms with van der Waals surface area (Å²) in [5.41, 5.74) is 4.14. The number of rotatable bonds is 14. The molecule has 320 valence electrons. The summed E-state index contributed by atoms with van der Waals surface area (Å²) >= 11 is 0. The Hall–Kier alpha value is -6.30. The van der Waals surface area contributed by atoms with Crippen molar-refractivity contribution in [2.75, 3.05) is 32.7 Å². The van der Waals surface area contributed by atoms with Gasteiger partial charge in [0.05, 0.1) is 23.7 Å². The molecule has 2 aliphatic heterocycles. The van der Waals surface area contributed by atoms with E-state index >= 15 is 0 Å². The summed E-state index contributed by atoms with van der Waals surface area (Å²) in [5, 5.41) is 12.4. The van der Waals surface area contributed by atoms with Gasteiger partial charge < -0.3 is 31.1 Å². The van der Waals surface area contributed by atoms with Crippen molar-refractivity contribution in [2.45, 2.75) is 68.5 Å². The lowest BCUT2D eigenvalue weighted by molar-refractivity contribution is -0.133. The highest BCUT2D eigenvalue weighted by Gasteiger charge is 2.50. The quantitative estimate of drug-likeness (QED) is 0.146. The number of likely N-dealkylation sites (tertiary alicyclic amines) is 2. The lowest BCUT2D eigenvalue weighted by Gasteiger charge is -2.18. The van der Waals surface area contributed by atoms with Crippen LogP contribution in [0.2, 0.25) is 0 Å². The summed E-state index contributed by atoms with van der Waals surface area (Å²) in [6, 6.07) is 36.4. The maximum Gasteiger partial charge on any atom is 0.253 e. The molecule has 12 nitrogen and oxygen atoms in total. The Morgan fingerprint density at radius 3 is 1.06 bits per heavy atom. The SMILES string of the molecule is CCCNC(=O)[C@@H]1CN(C(=O)c2ccc(C(=O)N3C[C@@H](C(=O)N[C@H]4C[C@@H]4c4ccccc4)[C@H](C(=O)N[C@@H]4C[C@H]4c4ccccc4)C3)cc2)C[C@H]1C(=O)N[C@H]1C[C@@H]1c1ccccc1. The molecule has 6 amide bonds. The predicted molar refractivity (Wildman–Crippen MR) is 233 cm³/mol. The van der Waals surface area contributed by atoms with Crippen LogP contribution in [0.25, 0.3) is 0 Å². The van der Waals surface area contributed by atoms with E-state index in [9.17, 15) is 28.8 Å². The third kappa shape index (κ3) is 8.87. The van der Waals surface area contributed by atoms with Crippen LogP contribution in [0.5, 0.6) is 0 Å². The first-order valence-corrected chi connectivity index (χ1v) is 22.2. The van der Waals surface area contributed by atoms with Gasteiger partial charge in [0.1, 0.15) is 0 Å². The summed E-state index contributed by atoms with van der Waals surface area (Å²) in [7, 11) is 0. The second-order valence-corrected chi connectivity index (χ2v) is 17.8. The number of nitrogens with zero attached hydrogens (tertiary/aromatic N) is 2. The molecule has 9 rings (SSSR count). The summed E-state index contributed by atoms with van der Waals surface area (Å²) < 4.78 is 0. The van der Waals surface area contributed by atoms with Crippen LogP contribution in [0.1, 0.15) is 87.8 Å². The summed E-state index contributed by atoms with van der Waals surface area (Å²) in [6.45, 7) is 2.80. The first kappa shape index (κ1) is 41.1. The molecule has 5 aliphatic rings. The minimum atomic E-state index is -0.724. The molecule has 0 radical (unpaired) electrons. The zero-order valence-corrected chi connectivity index (χ0v) is 35.0. The van der Waals surface area contributed by atoms with Crippen LogP contribution in [0.15, 0.2) is 115 Å². The van der Waals surface area contributed by atoms with Crippen LogP contribution in [0.3, 0.4) is 0 Å². The molecule has 4 aromatic carbocycles. The molecule has 3 aliphatic carbocycles. The first-order chi connectivity index (χ1) is 30.2. The number of carbonyl (C=O) groups excluding carboxylic acids is 6. The minimum Gasteiger partial charge on any atom is -0.356 e. The largest absolute Gasteiger partial charge is 0.356 e. The van der Waals surface area contributed by atoms with E-state index in [2.05, 4.69) is 57.7 Å². The standard InChI is InChI=1S/C50H54N6O6/c1-2-22-51-45(57)38-26-55(27-39(38)46(58)52-42-23-35(42)30-12-6-3-7-13-30)49(61)33-18-20-34(21-19-33)50(62)56-28-40(47(59)53-43-24-36(43)31-14-8-4-9-15-31)41(29-56)48(60)54-44-25-37(44)32-16-10-5-11-17-32/h3-21,35-44H,2,22-29H2,1H3,(H,51,57)(H,52,58)(H,53,59)(H,54,60)/t35-,36-,37+,38-,39-,40-,41-,42+,43+,44-/m1/s1. The number of carbonyl (C=O) groups is 6. The van der Waals surface area contributed by atoms with Crippen molar-refractivity contribution < 1.29 is 28.8 Å². The molecule has 5 fully saturated rings. The molecule has 2 saturated heterocycles. The van der Waals surface area contributed by atoms with E-state index in [1.54, 1.807) is 34.1 Å². The number of nitrogens with one attached hydrogen (secondary N) is 4. The van der Waals surface area contributed by atoms with E-state index in [1.807, 2.05) is 61.5 Å². The number of benzene rings is 4. The van der Waals surface area contributed by atoms with Gasteiger partial charge in [-0.2, -0.15) is 0 Å². The van der Waals surface area contributed by atoms with Gasteiger partial charge in [0, 0.05) is 79.7 Å². The number of amides is 6. The molecular weight excluding hydrogens is 781 g/mol. The molecular formula is C50H54N6O6. The molecule has 0 unspecified atom stereocenters. The first-order valence-electron chi connectivity index (χ1n) is 22.2. The molecule has 4 aromatic rings. The molecule has 4 N–H and O–H groups in total. The van der Waals surface area contributed by atoms with E-state index < -0.39 is 23.7 Å². The third-order valence-corrected chi connectivity index (χ3v) is 13.5. The summed E-state index contributed by atoms with van der Waals surface area (Å²) in [6.07, 6.45) is 3.21. The van der Waals surface area contributed by atoms with Gasteiger partial charge in [0.15, 0.2) is 0 Å². The average Bonchev–Trinajstić information content (AvgIpc) is 4.28. The Labute approximate surface area is 362 Å². The van der Waals surface area contributed by atoms with Gasteiger partial charge in [0.25, 0.3) is 11.8 Å². The summed E-state index contributed by atoms with van der Waals surface area (Å²) in [4.78, 5) is 86.0. The Morgan fingerprint density at radius 1 is 0.452 bits per heavy atom. The minimum absolute atomic E-state index is 0.0144.